The van der Waals surface area contributed by atoms with Crippen molar-refractivity contribution in [1.82, 2.24) is 19.9 Å². The Morgan fingerprint density at radius 1 is 0.784 bits per heavy atom. The van der Waals surface area contributed by atoms with Gasteiger partial charge in [0, 0.05) is 71.8 Å². The van der Waals surface area contributed by atoms with Crippen LogP contribution in [-0.2, 0) is 59.4 Å². The van der Waals surface area contributed by atoms with Crippen molar-refractivity contribution in [2.75, 3.05) is 0 Å². The number of imidazole rings is 1. The number of aromatic nitrogens is 4. The third kappa shape index (κ3) is 5.78. The minimum Gasteiger partial charge on any atom is -0.505 e. The molecule has 0 unspecified atom stereocenters. The molecule has 180 valence electrons. The van der Waals surface area contributed by atoms with Crippen LogP contribution in [-0.4, -0.2) is 15.0 Å². The zero-order valence-electron chi connectivity index (χ0n) is 19.6. The predicted molar refractivity (Wildman–Crippen MR) is 134 cm³/mol. The van der Waals surface area contributed by atoms with E-state index in [1.807, 2.05) is 84.9 Å². The third-order valence-electron chi connectivity index (χ3n) is 5.62. The summed E-state index contributed by atoms with van der Waals surface area (Å²) in [6.45, 7) is 0.514. The van der Waals surface area contributed by atoms with Gasteiger partial charge in [-0.05, 0) is 41.1 Å². The molecule has 0 saturated carbocycles. The summed E-state index contributed by atoms with van der Waals surface area (Å²) in [5, 5.41) is 0. The van der Waals surface area contributed by atoms with Gasteiger partial charge in [0.15, 0.2) is 0 Å². The van der Waals surface area contributed by atoms with Gasteiger partial charge < -0.3 is 31.9 Å². The maximum Gasteiger partial charge on any atom is 0.140 e. The number of nitrogens with zero attached hydrogens (tertiary/aromatic N) is 4. The molecule has 0 fully saturated rings. The number of ether oxygens (including phenoxy) is 1. The van der Waals surface area contributed by atoms with Crippen molar-refractivity contribution in [3.63, 3.8) is 0 Å². The number of fused-ring (bicyclic) bond motifs is 4. The molecule has 0 aliphatic carbocycles. The number of pyridine rings is 2. The number of para-hydroxylation sites is 2. The topological polar surface area (TPSA) is 62.0 Å². The molecule has 0 atom stereocenters. The molecule has 0 amide bonds. The van der Waals surface area contributed by atoms with Gasteiger partial charge in [0.1, 0.15) is 5.75 Å². The van der Waals surface area contributed by atoms with Crippen molar-refractivity contribution in [3.05, 3.63) is 121 Å². The Morgan fingerprint density at radius 3 is 2.41 bits per heavy atom. The van der Waals surface area contributed by atoms with Crippen LogP contribution >= 0.6 is 0 Å². The van der Waals surface area contributed by atoms with Crippen LogP contribution in [0.3, 0.4) is 0 Å². The number of benzene rings is 3. The largest absolute Gasteiger partial charge is 0.505 e. The Labute approximate surface area is 254 Å². The van der Waals surface area contributed by atoms with Crippen LogP contribution in [0.5, 0.6) is 5.75 Å². The molecule has 7 rings (SSSR count). The molecule has 1 aliphatic rings. The fourth-order valence-electron chi connectivity index (χ4n) is 3.99. The van der Waals surface area contributed by atoms with E-state index in [4.69, 9.17) is 4.74 Å². The summed E-state index contributed by atoms with van der Waals surface area (Å²) in [6, 6.07) is 36.8. The quantitative estimate of drug-likeness (QED) is 0.206. The number of rotatable bonds is 2. The first-order valence-electron chi connectivity index (χ1n) is 11.2. The molecule has 4 heterocycles. The Balaban J connectivity index is 0.000000170. The standard InChI is InChI=1S/C18H10NO.C12H8N3.Ir.Y/c1-2-6-13(7-3-1)14-8-4-9-15-16(14)12-20-17-10-5-11-19-18(15)17;1-2-6-10-9(5-1)14-12(15-10)11-7-3-4-8-13-11;;/h1-6,10-11H,12H2;1-8H;;/q-3;-1;;. The molecule has 1 aliphatic heterocycles. The van der Waals surface area contributed by atoms with Gasteiger partial charge in [-0.25, -0.2) is 17.7 Å². The summed E-state index contributed by atoms with van der Waals surface area (Å²) in [4.78, 5) is 17.5. The zero-order valence-corrected chi connectivity index (χ0v) is 24.8. The van der Waals surface area contributed by atoms with E-state index in [1.54, 1.807) is 12.4 Å². The fourth-order valence-corrected chi connectivity index (χ4v) is 3.99. The molecule has 0 N–H and O–H groups in total. The van der Waals surface area contributed by atoms with Crippen LogP contribution in [0.4, 0.5) is 0 Å². The van der Waals surface area contributed by atoms with Gasteiger partial charge in [-0.3, -0.25) is 22.1 Å². The van der Waals surface area contributed by atoms with Gasteiger partial charge >= 0.3 is 0 Å². The van der Waals surface area contributed by atoms with E-state index >= 15 is 0 Å². The van der Waals surface area contributed by atoms with E-state index in [9.17, 15) is 0 Å². The minimum absolute atomic E-state index is 0. The van der Waals surface area contributed by atoms with Crippen LogP contribution < -0.4 is 9.72 Å². The predicted octanol–water partition coefficient (Wildman–Crippen LogP) is 5.96. The average Bonchev–Trinajstić information content (AvgIpc) is 3.39. The molecule has 6 aromatic rings. The first-order valence-corrected chi connectivity index (χ1v) is 11.2. The minimum atomic E-state index is 0. The molecule has 2 radical (unpaired) electrons. The Bertz CT molecular complexity index is 1560. The Kier molecular flexibility index (Phi) is 9.12. The van der Waals surface area contributed by atoms with Crippen LogP contribution in [0.2, 0.25) is 0 Å². The monoisotopic (exact) mass is 732 g/mol. The molecule has 37 heavy (non-hydrogen) atoms. The molecule has 5 nitrogen and oxygen atoms in total. The molecule has 3 aromatic carbocycles. The van der Waals surface area contributed by atoms with Crippen molar-refractivity contribution in [2.24, 2.45) is 0 Å². The van der Waals surface area contributed by atoms with Crippen LogP contribution in [0.25, 0.3) is 44.9 Å². The second kappa shape index (κ2) is 12.5. The maximum absolute atomic E-state index is 5.80. The van der Waals surface area contributed by atoms with E-state index in [-0.39, 0.29) is 52.8 Å². The fraction of sp³-hybridized carbons (Fsp3) is 0.0333. The molecular weight excluding hydrogens is 713 g/mol. The molecule has 0 bridgehead atoms. The molecule has 7 heteroatoms. The van der Waals surface area contributed by atoms with E-state index < -0.39 is 0 Å². The Hall–Kier alpha value is -3.02. The van der Waals surface area contributed by atoms with Crippen LogP contribution in [0.1, 0.15) is 5.56 Å². The van der Waals surface area contributed by atoms with Gasteiger partial charge in [0.25, 0.3) is 0 Å². The van der Waals surface area contributed by atoms with Crippen molar-refractivity contribution in [2.45, 2.75) is 6.61 Å². The SMILES string of the molecule is [Ir].[Y].[c-]1ccccc1-c1[c-]c[c-]c2c1COc1cccnc1-2.c1ccc(-c2nc3ccccc3[n-]2)nc1. The van der Waals surface area contributed by atoms with Crippen LogP contribution in [0, 0.1) is 18.2 Å². The van der Waals surface area contributed by atoms with Gasteiger partial charge in [0.05, 0.1) is 11.4 Å². The maximum atomic E-state index is 5.80. The molecule has 0 spiro atoms. The van der Waals surface area contributed by atoms with Crippen molar-refractivity contribution < 1.29 is 57.6 Å². The molecular formula is C30H18IrN4OY-4. The smallest absolute Gasteiger partial charge is 0.140 e. The molecule has 0 saturated heterocycles. The summed E-state index contributed by atoms with van der Waals surface area (Å²) in [6.07, 6.45) is 3.52. The summed E-state index contributed by atoms with van der Waals surface area (Å²) >= 11 is 0. The van der Waals surface area contributed by atoms with Crippen molar-refractivity contribution in [3.8, 4) is 39.7 Å². The van der Waals surface area contributed by atoms with E-state index in [2.05, 4.69) is 38.1 Å². The van der Waals surface area contributed by atoms with E-state index in [0.717, 1.165) is 50.4 Å². The second-order valence-corrected chi connectivity index (χ2v) is 7.83. The summed E-state index contributed by atoms with van der Waals surface area (Å²) in [7, 11) is 0. The van der Waals surface area contributed by atoms with Gasteiger partial charge in [-0.15, -0.1) is 6.07 Å². The van der Waals surface area contributed by atoms with Gasteiger partial charge in [-0.2, -0.15) is 17.7 Å². The third-order valence-corrected chi connectivity index (χ3v) is 5.62. The Morgan fingerprint density at radius 2 is 1.59 bits per heavy atom. The van der Waals surface area contributed by atoms with Crippen molar-refractivity contribution >= 4 is 11.0 Å². The summed E-state index contributed by atoms with van der Waals surface area (Å²) in [5.41, 5.74) is 7.58. The normalized spacial score (nSPS) is 10.9. The van der Waals surface area contributed by atoms with Gasteiger partial charge in [-0.1, -0.05) is 30.3 Å². The zero-order chi connectivity index (χ0) is 23.5. The summed E-state index contributed by atoms with van der Waals surface area (Å²) < 4.78 is 5.80. The second-order valence-electron chi connectivity index (χ2n) is 7.83. The number of hydrogen-bond donors (Lipinski definition) is 0. The first kappa shape index (κ1) is 27.0. The average molecular weight is 732 g/mol. The van der Waals surface area contributed by atoms with Gasteiger partial charge in [0.2, 0.25) is 0 Å². The van der Waals surface area contributed by atoms with E-state index in [0.29, 0.717) is 12.4 Å². The van der Waals surface area contributed by atoms with E-state index in [1.165, 1.54) is 0 Å². The number of hydrogen-bond acceptors (Lipinski definition) is 4. The van der Waals surface area contributed by atoms with Crippen molar-refractivity contribution in [1.29, 1.82) is 0 Å². The summed E-state index contributed by atoms with van der Waals surface area (Å²) in [5.74, 6) is 1.50. The first-order chi connectivity index (χ1) is 17.4. The van der Waals surface area contributed by atoms with Crippen LogP contribution in [0.15, 0.2) is 97.3 Å². The molecule has 3 aromatic heterocycles.